The third-order valence-corrected chi connectivity index (χ3v) is 8.00. The molecule has 0 bridgehead atoms. The van der Waals surface area contributed by atoms with Crippen LogP contribution in [-0.2, 0) is 0 Å². The predicted octanol–water partition coefficient (Wildman–Crippen LogP) is 10.3. The van der Waals surface area contributed by atoms with Crippen molar-refractivity contribution >= 4 is 32.6 Å². The lowest BCUT2D eigenvalue weighted by molar-refractivity contribution is 1.10. The van der Waals surface area contributed by atoms with E-state index in [4.69, 9.17) is 4.98 Å². The molecule has 0 fully saturated rings. The molecule has 0 aliphatic rings. The number of benzene rings is 7. The van der Waals surface area contributed by atoms with Gasteiger partial charge in [-0.05, 0) is 68.1 Å². The Balaban J connectivity index is 1.34. The van der Waals surface area contributed by atoms with Crippen LogP contribution in [0.15, 0.2) is 158 Å². The van der Waals surface area contributed by atoms with E-state index >= 15 is 0 Å². The van der Waals surface area contributed by atoms with Crippen molar-refractivity contribution in [1.29, 1.82) is 0 Å². The number of nitrogens with zero attached hydrogens (tertiary/aromatic N) is 2. The molecule has 0 saturated carbocycles. The van der Waals surface area contributed by atoms with Gasteiger partial charge in [0.1, 0.15) is 5.82 Å². The summed E-state index contributed by atoms with van der Waals surface area (Å²) in [5, 5.41) is 5.05. The van der Waals surface area contributed by atoms with Gasteiger partial charge in [-0.15, -0.1) is 0 Å². The van der Waals surface area contributed by atoms with Gasteiger partial charge >= 0.3 is 0 Å². The summed E-state index contributed by atoms with van der Waals surface area (Å²) in [4.78, 5) is 5.07. The van der Waals surface area contributed by atoms with Crippen molar-refractivity contribution in [2.75, 3.05) is 0 Å². The van der Waals surface area contributed by atoms with E-state index in [-0.39, 0.29) is 0 Å². The minimum atomic E-state index is 0.943. The monoisotopic (exact) mass is 522 g/mol. The molecular weight excluding hydrogens is 496 g/mol. The van der Waals surface area contributed by atoms with E-state index in [2.05, 4.69) is 156 Å². The summed E-state index contributed by atoms with van der Waals surface area (Å²) >= 11 is 0. The lowest BCUT2D eigenvalue weighted by Crippen LogP contribution is -1.97. The standard InChI is InChI=1S/C39H26N2/c1-3-13-27(14-4-1)37-31-17-7-9-19-33(31)38(34-20-10-8-18-32(34)37)28-23-25-29(26-24-28)39-40-35-21-11-12-22-36(35)41(39)30-15-5-2-6-16-30/h1-26H. The molecule has 0 N–H and O–H groups in total. The van der Waals surface area contributed by atoms with E-state index in [9.17, 15) is 0 Å². The van der Waals surface area contributed by atoms with Gasteiger partial charge < -0.3 is 0 Å². The first-order valence-corrected chi connectivity index (χ1v) is 14.0. The molecule has 0 unspecified atom stereocenters. The fourth-order valence-corrected chi connectivity index (χ4v) is 6.20. The molecule has 0 saturated heterocycles. The molecule has 0 aliphatic heterocycles. The topological polar surface area (TPSA) is 17.8 Å². The maximum atomic E-state index is 5.07. The first-order chi connectivity index (χ1) is 20.4. The molecule has 0 amide bonds. The van der Waals surface area contributed by atoms with Crippen LogP contribution in [0.4, 0.5) is 0 Å². The van der Waals surface area contributed by atoms with Gasteiger partial charge in [-0.2, -0.15) is 0 Å². The molecule has 1 heterocycles. The van der Waals surface area contributed by atoms with Crippen LogP contribution in [0, 0.1) is 0 Å². The summed E-state index contributed by atoms with van der Waals surface area (Å²) in [6, 6.07) is 56.1. The Morgan fingerprint density at radius 1 is 0.366 bits per heavy atom. The SMILES string of the molecule is c1ccc(-c2c3ccccc3c(-c3ccc(-c4nc5ccccc5n4-c4ccccc4)cc3)c3ccccc23)cc1. The fourth-order valence-electron chi connectivity index (χ4n) is 6.20. The molecule has 1 aromatic heterocycles. The minimum absolute atomic E-state index is 0.943. The summed E-state index contributed by atoms with van der Waals surface area (Å²) in [7, 11) is 0. The van der Waals surface area contributed by atoms with Gasteiger partial charge in [-0.1, -0.05) is 133 Å². The van der Waals surface area contributed by atoms with Crippen molar-refractivity contribution in [1.82, 2.24) is 9.55 Å². The van der Waals surface area contributed by atoms with Crippen LogP contribution in [-0.4, -0.2) is 9.55 Å². The van der Waals surface area contributed by atoms with E-state index in [0.717, 1.165) is 28.1 Å². The third-order valence-electron chi connectivity index (χ3n) is 8.00. The lowest BCUT2D eigenvalue weighted by atomic mass is 9.86. The maximum Gasteiger partial charge on any atom is 0.145 e. The lowest BCUT2D eigenvalue weighted by Gasteiger charge is -2.18. The molecule has 192 valence electrons. The quantitative estimate of drug-likeness (QED) is 0.210. The molecule has 0 aliphatic carbocycles. The largest absolute Gasteiger partial charge is 0.292 e. The average Bonchev–Trinajstić information content (AvgIpc) is 3.44. The van der Waals surface area contributed by atoms with E-state index in [0.29, 0.717) is 0 Å². The van der Waals surface area contributed by atoms with Crippen molar-refractivity contribution in [2.45, 2.75) is 0 Å². The van der Waals surface area contributed by atoms with Crippen molar-refractivity contribution in [3.63, 3.8) is 0 Å². The van der Waals surface area contributed by atoms with Gasteiger partial charge in [-0.3, -0.25) is 4.57 Å². The van der Waals surface area contributed by atoms with Gasteiger partial charge in [0.15, 0.2) is 0 Å². The number of rotatable bonds is 4. The van der Waals surface area contributed by atoms with Gasteiger partial charge in [0.2, 0.25) is 0 Å². The highest BCUT2D eigenvalue weighted by atomic mass is 15.1. The van der Waals surface area contributed by atoms with Crippen LogP contribution in [0.2, 0.25) is 0 Å². The molecule has 2 nitrogen and oxygen atoms in total. The number of para-hydroxylation sites is 3. The highest BCUT2D eigenvalue weighted by Gasteiger charge is 2.18. The van der Waals surface area contributed by atoms with Crippen molar-refractivity contribution in [2.24, 2.45) is 0 Å². The number of aromatic nitrogens is 2. The van der Waals surface area contributed by atoms with E-state index in [1.165, 1.54) is 43.8 Å². The Kier molecular flexibility index (Phi) is 5.49. The van der Waals surface area contributed by atoms with E-state index in [1.54, 1.807) is 0 Å². The first-order valence-electron chi connectivity index (χ1n) is 14.0. The molecule has 0 atom stereocenters. The summed E-state index contributed by atoms with van der Waals surface area (Å²) in [5.41, 5.74) is 9.27. The Morgan fingerprint density at radius 3 is 1.39 bits per heavy atom. The second kappa shape index (κ2) is 9.62. The average molecular weight is 523 g/mol. The van der Waals surface area contributed by atoms with Gasteiger partial charge in [0.25, 0.3) is 0 Å². The van der Waals surface area contributed by atoms with Crippen LogP contribution in [0.5, 0.6) is 0 Å². The molecule has 7 aromatic carbocycles. The Morgan fingerprint density at radius 2 is 0.805 bits per heavy atom. The van der Waals surface area contributed by atoms with Gasteiger partial charge in [-0.25, -0.2) is 4.98 Å². The first kappa shape index (κ1) is 23.4. The summed E-state index contributed by atoms with van der Waals surface area (Å²) in [6.07, 6.45) is 0. The van der Waals surface area contributed by atoms with Crippen LogP contribution in [0.25, 0.3) is 71.9 Å². The Labute approximate surface area is 238 Å². The molecule has 0 spiro atoms. The summed E-state index contributed by atoms with van der Waals surface area (Å²) in [6.45, 7) is 0. The second-order valence-corrected chi connectivity index (χ2v) is 10.4. The zero-order valence-electron chi connectivity index (χ0n) is 22.4. The molecule has 8 aromatic rings. The van der Waals surface area contributed by atoms with Crippen molar-refractivity contribution < 1.29 is 0 Å². The Hall–Kier alpha value is -5.47. The molecular formula is C39H26N2. The number of hydrogen-bond donors (Lipinski definition) is 0. The fraction of sp³-hybridized carbons (Fsp3) is 0. The smallest absolute Gasteiger partial charge is 0.145 e. The zero-order valence-corrected chi connectivity index (χ0v) is 22.4. The second-order valence-electron chi connectivity index (χ2n) is 10.4. The number of imidazole rings is 1. The van der Waals surface area contributed by atoms with Crippen LogP contribution in [0.1, 0.15) is 0 Å². The third kappa shape index (κ3) is 3.84. The predicted molar refractivity (Wildman–Crippen MR) is 172 cm³/mol. The maximum absolute atomic E-state index is 5.07. The van der Waals surface area contributed by atoms with Crippen molar-refractivity contribution in [3.8, 4) is 39.3 Å². The van der Waals surface area contributed by atoms with Crippen LogP contribution >= 0.6 is 0 Å². The number of hydrogen-bond acceptors (Lipinski definition) is 1. The molecule has 0 radical (unpaired) electrons. The zero-order chi connectivity index (χ0) is 27.2. The summed E-state index contributed by atoms with van der Waals surface area (Å²) in [5.74, 6) is 0.943. The highest BCUT2D eigenvalue weighted by Crippen LogP contribution is 2.43. The molecule has 41 heavy (non-hydrogen) atoms. The van der Waals surface area contributed by atoms with E-state index in [1.807, 2.05) is 6.07 Å². The molecule has 8 rings (SSSR count). The van der Waals surface area contributed by atoms with Crippen molar-refractivity contribution in [3.05, 3.63) is 158 Å². The van der Waals surface area contributed by atoms with Crippen LogP contribution in [0.3, 0.4) is 0 Å². The highest BCUT2D eigenvalue weighted by molar-refractivity contribution is 6.21. The van der Waals surface area contributed by atoms with Gasteiger partial charge in [0.05, 0.1) is 11.0 Å². The Bertz CT molecular complexity index is 2120. The minimum Gasteiger partial charge on any atom is -0.292 e. The summed E-state index contributed by atoms with van der Waals surface area (Å²) < 4.78 is 2.25. The molecule has 2 heteroatoms. The van der Waals surface area contributed by atoms with E-state index < -0.39 is 0 Å². The number of fused-ring (bicyclic) bond motifs is 3. The normalized spacial score (nSPS) is 11.4. The van der Waals surface area contributed by atoms with Crippen LogP contribution < -0.4 is 0 Å². The van der Waals surface area contributed by atoms with Gasteiger partial charge in [0, 0.05) is 11.3 Å².